The highest BCUT2D eigenvalue weighted by Gasteiger charge is 2.36. The molecule has 2 saturated heterocycles. The Hall–Kier alpha value is -2.72. The maximum absolute atomic E-state index is 13.5. The van der Waals surface area contributed by atoms with Gasteiger partial charge < -0.3 is 10.2 Å². The molecule has 0 radical (unpaired) electrons. The van der Waals surface area contributed by atoms with Crippen molar-refractivity contribution in [2.75, 3.05) is 31.5 Å². The second-order valence-electron chi connectivity index (χ2n) is 7.26. The van der Waals surface area contributed by atoms with Crippen LogP contribution in [0.5, 0.6) is 0 Å². The van der Waals surface area contributed by atoms with Crippen molar-refractivity contribution >= 4 is 22.5 Å². The number of amides is 1. The van der Waals surface area contributed by atoms with Crippen molar-refractivity contribution in [2.45, 2.75) is 31.1 Å². The topological polar surface area (TPSA) is 72.3 Å². The number of benzene rings is 1. The number of alkyl halides is 1. The summed E-state index contributed by atoms with van der Waals surface area (Å²) in [6, 6.07) is 11.6. The molecule has 1 N–H and O–H groups in total. The van der Waals surface area contributed by atoms with Crippen LogP contribution in [0.4, 0.5) is 10.1 Å². The fourth-order valence-electron chi connectivity index (χ4n) is 4.01. The van der Waals surface area contributed by atoms with Crippen molar-refractivity contribution in [2.24, 2.45) is 0 Å². The molecule has 2 fully saturated rings. The van der Waals surface area contributed by atoms with Crippen LogP contribution in [0.25, 0.3) is 10.9 Å². The van der Waals surface area contributed by atoms with Gasteiger partial charge in [-0.1, -0.05) is 6.07 Å². The van der Waals surface area contributed by atoms with Crippen LogP contribution in [0.15, 0.2) is 36.5 Å². The highest BCUT2D eigenvalue weighted by molar-refractivity contribution is 5.91. The number of hydrogen-bond acceptors (Lipinski definition) is 5. The van der Waals surface area contributed by atoms with E-state index in [0.29, 0.717) is 0 Å². The number of pyridine rings is 1. The number of fused-ring (bicyclic) bond motifs is 1. The molecule has 6 nitrogen and oxygen atoms in total. The number of nitrogens with zero attached hydrogens (tertiary/aromatic N) is 4. The van der Waals surface area contributed by atoms with Gasteiger partial charge in [-0.3, -0.25) is 14.7 Å². The number of nitrogens with one attached hydrogen (secondary N) is 1. The number of hydrogen-bond donors (Lipinski definition) is 1. The van der Waals surface area contributed by atoms with Crippen LogP contribution in [0, 0.1) is 11.3 Å². The van der Waals surface area contributed by atoms with Crippen LogP contribution in [-0.4, -0.2) is 65.1 Å². The normalized spacial score (nSPS) is 25.6. The number of likely N-dealkylation sites (tertiary alicyclic amines) is 2. The van der Waals surface area contributed by atoms with Gasteiger partial charge >= 0.3 is 0 Å². The van der Waals surface area contributed by atoms with E-state index in [2.05, 4.69) is 15.2 Å². The van der Waals surface area contributed by atoms with Gasteiger partial charge in [0.25, 0.3) is 0 Å². The standard InChI is InChI=1S/C20H22FN5O/c21-14-9-16(10-22)26(11-14)20(27)13-25-8-6-15(12-25)24-19-5-1-4-18-17(19)3-2-7-23-18/h1-5,7,14-16,24H,6,8-9,11-13H2/t14-,15-,16-/m0/s1. The van der Waals surface area contributed by atoms with Crippen molar-refractivity contribution in [3.63, 3.8) is 0 Å². The van der Waals surface area contributed by atoms with Crippen LogP contribution in [0.1, 0.15) is 12.8 Å². The quantitative estimate of drug-likeness (QED) is 0.897. The van der Waals surface area contributed by atoms with Crippen LogP contribution in [-0.2, 0) is 4.79 Å². The highest BCUT2D eigenvalue weighted by Crippen LogP contribution is 2.25. The van der Waals surface area contributed by atoms with Crippen LogP contribution in [0.2, 0.25) is 0 Å². The maximum atomic E-state index is 13.5. The third kappa shape index (κ3) is 3.71. The first-order valence-electron chi connectivity index (χ1n) is 9.30. The van der Waals surface area contributed by atoms with Gasteiger partial charge in [0.05, 0.1) is 24.7 Å². The fourth-order valence-corrected chi connectivity index (χ4v) is 4.01. The number of carbonyl (C=O) groups is 1. The second kappa shape index (κ2) is 7.49. The Bertz CT molecular complexity index is 877. The zero-order valence-corrected chi connectivity index (χ0v) is 15.0. The van der Waals surface area contributed by atoms with Crippen LogP contribution in [0.3, 0.4) is 0 Å². The van der Waals surface area contributed by atoms with Gasteiger partial charge in [0.2, 0.25) is 5.91 Å². The largest absolute Gasteiger partial charge is 0.380 e. The molecule has 3 heterocycles. The Balaban J connectivity index is 1.36. The van der Waals surface area contributed by atoms with Crippen molar-refractivity contribution in [1.82, 2.24) is 14.8 Å². The third-order valence-electron chi connectivity index (χ3n) is 5.36. The lowest BCUT2D eigenvalue weighted by Gasteiger charge is -2.23. The molecule has 2 aliphatic heterocycles. The van der Waals surface area contributed by atoms with E-state index in [-0.39, 0.29) is 31.5 Å². The molecule has 2 aliphatic rings. The minimum Gasteiger partial charge on any atom is -0.380 e. The zero-order chi connectivity index (χ0) is 18.8. The maximum Gasteiger partial charge on any atom is 0.237 e. The summed E-state index contributed by atoms with van der Waals surface area (Å²) in [5.74, 6) is -0.156. The van der Waals surface area contributed by atoms with Crippen molar-refractivity contribution in [1.29, 1.82) is 5.26 Å². The predicted octanol–water partition coefficient (Wildman–Crippen LogP) is 2.18. The molecule has 3 atom stereocenters. The summed E-state index contributed by atoms with van der Waals surface area (Å²) in [7, 11) is 0. The smallest absolute Gasteiger partial charge is 0.237 e. The first-order chi connectivity index (χ1) is 13.1. The van der Waals surface area contributed by atoms with E-state index >= 15 is 0 Å². The molecular formula is C20H22FN5O. The summed E-state index contributed by atoms with van der Waals surface area (Å²) in [4.78, 5) is 20.3. The molecule has 27 heavy (non-hydrogen) atoms. The van der Waals surface area contributed by atoms with Gasteiger partial charge in [0.1, 0.15) is 12.2 Å². The number of halogens is 1. The summed E-state index contributed by atoms with van der Waals surface area (Å²) in [5, 5.41) is 13.8. The molecule has 0 saturated carbocycles. The van der Waals surface area contributed by atoms with E-state index in [1.807, 2.05) is 36.4 Å². The van der Waals surface area contributed by atoms with Gasteiger partial charge in [-0.25, -0.2) is 4.39 Å². The molecule has 7 heteroatoms. The summed E-state index contributed by atoms with van der Waals surface area (Å²) in [6.45, 7) is 1.82. The summed E-state index contributed by atoms with van der Waals surface area (Å²) < 4.78 is 13.5. The molecule has 2 aromatic rings. The van der Waals surface area contributed by atoms with Crippen LogP contribution >= 0.6 is 0 Å². The van der Waals surface area contributed by atoms with E-state index < -0.39 is 12.2 Å². The number of rotatable bonds is 4. The molecule has 1 amide bonds. The Morgan fingerprint density at radius 3 is 3.07 bits per heavy atom. The van der Waals surface area contributed by atoms with Gasteiger partial charge in [0, 0.05) is 42.8 Å². The minimum atomic E-state index is -1.09. The Labute approximate surface area is 157 Å². The Morgan fingerprint density at radius 2 is 2.22 bits per heavy atom. The van der Waals surface area contributed by atoms with E-state index in [1.165, 1.54) is 4.90 Å². The monoisotopic (exact) mass is 367 g/mol. The minimum absolute atomic E-state index is 0.0373. The molecule has 1 aromatic carbocycles. The van der Waals surface area contributed by atoms with Gasteiger partial charge in [-0.05, 0) is 30.7 Å². The van der Waals surface area contributed by atoms with Crippen molar-refractivity contribution in [3.8, 4) is 6.07 Å². The lowest BCUT2D eigenvalue weighted by Crippen LogP contribution is -2.42. The summed E-state index contributed by atoms with van der Waals surface area (Å²) in [6.07, 6.45) is 1.74. The molecule has 4 rings (SSSR count). The van der Waals surface area contributed by atoms with Gasteiger partial charge in [-0.15, -0.1) is 0 Å². The number of nitriles is 1. The third-order valence-corrected chi connectivity index (χ3v) is 5.36. The number of carbonyl (C=O) groups excluding carboxylic acids is 1. The van der Waals surface area contributed by atoms with Crippen LogP contribution < -0.4 is 5.32 Å². The highest BCUT2D eigenvalue weighted by atomic mass is 19.1. The first kappa shape index (κ1) is 17.7. The van der Waals surface area contributed by atoms with E-state index in [1.54, 1.807) is 6.20 Å². The molecule has 0 bridgehead atoms. The van der Waals surface area contributed by atoms with Gasteiger partial charge in [-0.2, -0.15) is 5.26 Å². The first-order valence-corrected chi connectivity index (χ1v) is 9.30. The SMILES string of the molecule is N#C[C@@H]1C[C@H](F)CN1C(=O)CN1CC[C@H](Nc2cccc3ncccc23)C1. The second-order valence-corrected chi connectivity index (χ2v) is 7.26. The fraction of sp³-hybridized carbons (Fsp3) is 0.450. The molecule has 140 valence electrons. The number of anilines is 1. The molecule has 0 spiro atoms. The summed E-state index contributed by atoms with van der Waals surface area (Å²) in [5.41, 5.74) is 1.99. The van der Waals surface area contributed by atoms with E-state index in [4.69, 9.17) is 5.26 Å². The number of aromatic nitrogens is 1. The molecule has 0 unspecified atom stereocenters. The van der Waals surface area contributed by atoms with E-state index in [0.717, 1.165) is 36.1 Å². The van der Waals surface area contributed by atoms with E-state index in [9.17, 15) is 9.18 Å². The molecule has 1 aromatic heterocycles. The summed E-state index contributed by atoms with van der Waals surface area (Å²) >= 11 is 0. The average molecular weight is 367 g/mol. The molecular weight excluding hydrogens is 345 g/mol. The lowest BCUT2D eigenvalue weighted by molar-refractivity contribution is -0.132. The van der Waals surface area contributed by atoms with Crippen molar-refractivity contribution < 1.29 is 9.18 Å². The average Bonchev–Trinajstić information content (AvgIpc) is 3.28. The molecule has 0 aliphatic carbocycles. The zero-order valence-electron chi connectivity index (χ0n) is 15.0. The lowest BCUT2D eigenvalue weighted by atomic mass is 10.1. The Morgan fingerprint density at radius 1 is 1.33 bits per heavy atom. The van der Waals surface area contributed by atoms with Crippen molar-refractivity contribution in [3.05, 3.63) is 36.5 Å². The Kier molecular flexibility index (Phi) is 4.90. The van der Waals surface area contributed by atoms with Gasteiger partial charge in [0.15, 0.2) is 0 Å². The predicted molar refractivity (Wildman–Crippen MR) is 101 cm³/mol.